The first kappa shape index (κ1) is 16.7. The smallest absolute Gasteiger partial charge is 0.330 e. The predicted octanol–water partition coefficient (Wildman–Crippen LogP) is 1.70. The van der Waals surface area contributed by atoms with Crippen molar-refractivity contribution in [1.82, 2.24) is 10.6 Å². The molecule has 1 rings (SSSR count). The number of nitrogens with one attached hydrogen (secondary N) is 2. The van der Waals surface area contributed by atoms with E-state index in [1.807, 2.05) is 6.92 Å². The number of benzene rings is 1. The SMILES string of the molecule is C=C(C)COCCNC(=O)N[C@@H](C(=O)O)c1ccccc1. The Kier molecular flexibility index (Phi) is 6.97. The lowest BCUT2D eigenvalue weighted by Crippen LogP contribution is -2.42. The van der Waals surface area contributed by atoms with Crippen molar-refractivity contribution < 1.29 is 19.4 Å². The molecule has 0 saturated carbocycles. The van der Waals surface area contributed by atoms with Crippen molar-refractivity contribution in [2.75, 3.05) is 19.8 Å². The summed E-state index contributed by atoms with van der Waals surface area (Å²) in [5.74, 6) is -1.12. The molecule has 0 unspecified atom stereocenters. The maximum atomic E-state index is 11.7. The Morgan fingerprint density at radius 2 is 2.00 bits per heavy atom. The molecule has 0 bridgehead atoms. The number of carboxylic acid groups (broad SMARTS) is 1. The van der Waals surface area contributed by atoms with Crippen LogP contribution in [0.3, 0.4) is 0 Å². The number of hydrogen-bond donors (Lipinski definition) is 3. The van der Waals surface area contributed by atoms with Gasteiger partial charge < -0.3 is 20.5 Å². The molecule has 1 aromatic carbocycles. The Hall–Kier alpha value is -2.34. The summed E-state index contributed by atoms with van der Waals surface area (Å²) in [5, 5.41) is 14.1. The van der Waals surface area contributed by atoms with Gasteiger partial charge in [-0.2, -0.15) is 0 Å². The van der Waals surface area contributed by atoms with Crippen LogP contribution in [0.4, 0.5) is 4.79 Å². The van der Waals surface area contributed by atoms with Gasteiger partial charge in [-0.15, -0.1) is 0 Å². The van der Waals surface area contributed by atoms with E-state index in [-0.39, 0.29) is 0 Å². The molecule has 0 radical (unpaired) electrons. The third-order valence-corrected chi connectivity index (χ3v) is 2.54. The van der Waals surface area contributed by atoms with Crippen LogP contribution >= 0.6 is 0 Å². The highest BCUT2D eigenvalue weighted by Gasteiger charge is 2.21. The Morgan fingerprint density at radius 1 is 1.33 bits per heavy atom. The van der Waals surface area contributed by atoms with Crippen LogP contribution in [0.1, 0.15) is 18.5 Å². The van der Waals surface area contributed by atoms with E-state index in [9.17, 15) is 9.59 Å². The van der Waals surface area contributed by atoms with E-state index >= 15 is 0 Å². The van der Waals surface area contributed by atoms with E-state index < -0.39 is 18.0 Å². The van der Waals surface area contributed by atoms with Crippen LogP contribution in [0.5, 0.6) is 0 Å². The molecule has 3 N–H and O–H groups in total. The maximum Gasteiger partial charge on any atom is 0.330 e. The zero-order valence-electron chi connectivity index (χ0n) is 12.0. The van der Waals surface area contributed by atoms with Gasteiger partial charge in [0.15, 0.2) is 6.04 Å². The number of urea groups is 1. The number of ether oxygens (including phenoxy) is 1. The Bertz CT molecular complexity index is 488. The second-order valence-electron chi connectivity index (χ2n) is 4.59. The van der Waals surface area contributed by atoms with Crippen molar-refractivity contribution in [2.45, 2.75) is 13.0 Å². The number of carbonyl (C=O) groups excluding carboxylic acids is 1. The third kappa shape index (κ3) is 6.58. The Labute approximate surface area is 123 Å². The van der Waals surface area contributed by atoms with Gasteiger partial charge in [-0.1, -0.05) is 42.5 Å². The van der Waals surface area contributed by atoms with Crippen LogP contribution < -0.4 is 10.6 Å². The minimum Gasteiger partial charge on any atom is -0.479 e. The van der Waals surface area contributed by atoms with Gasteiger partial charge in [-0.3, -0.25) is 0 Å². The second-order valence-corrected chi connectivity index (χ2v) is 4.59. The van der Waals surface area contributed by atoms with Gasteiger partial charge >= 0.3 is 12.0 Å². The number of hydrogen-bond acceptors (Lipinski definition) is 3. The molecule has 6 heteroatoms. The molecular weight excluding hydrogens is 272 g/mol. The summed E-state index contributed by atoms with van der Waals surface area (Å²) < 4.78 is 5.22. The summed E-state index contributed by atoms with van der Waals surface area (Å²) >= 11 is 0. The van der Waals surface area contributed by atoms with E-state index in [2.05, 4.69) is 17.2 Å². The lowest BCUT2D eigenvalue weighted by molar-refractivity contribution is -0.139. The first-order valence-electron chi connectivity index (χ1n) is 6.55. The van der Waals surface area contributed by atoms with Crippen LogP contribution in [-0.4, -0.2) is 36.9 Å². The molecule has 114 valence electrons. The fraction of sp³-hybridized carbons (Fsp3) is 0.333. The summed E-state index contributed by atoms with van der Waals surface area (Å²) in [7, 11) is 0. The molecule has 0 aromatic heterocycles. The van der Waals surface area contributed by atoms with Crippen LogP contribution in [0.25, 0.3) is 0 Å². The summed E-state index contributed by atoms with van der Waals surface area (Å²) in [5.41, 5.74) is 1.41. The molecule has 1 aromatic rings. The van der Waals surface area contributed by atoms with Crippen molar-refractivity contribution >= 4 is 12.0 Å². The molecule has 0 fully saturated rings. The third-order valence-electron chi connectivity index (χ3n) is 2.54. The van der Waals surface area contributed by atoms with Crippen molar-refractivity contribution in [2.24, 2.45) is 0 Å². The normalized spacial score (nSPS) is 11.5. The summed E-state index contributed by atoms with van der Waals surface area (Å²) in [6, 6.07) is 6.88. The monoisotopic (exact) mass is 292 g/mol. The topological polar surface area (TPSA) is 87.7 Å². The van der Waals surface area contributed by atoms with Crippen molar-refractivity contribution in [3.05, 3.63) is 48.0 Å². The number of aliphatic carboxylic acids is 1. The lowest BCUT2D eigenvalue weighted by atomic mass is 10.1. The molecule has 0 aliphatic rings. The minimum absolute atomic E-state index is 0.292. The lowest BCUT2D eigenvalue weighted by Gasteiger charge is -2.15. The highest BCUT2D eigenvalue weighted by molar-refractivity contribution is 5.83. The molecule has 2 amide bonds. The average molecular weight is 292 g/mol. The standard InChI is InChI=1S/C15H20N2O4/c1-11(2)10-21-9-8-16-15(20)17-13(14(18)19)12-6-4-3-5-7-12/h3-7,13H,1,8-10H2,2H3,(H,18,19)(H2,16,17,20)/t13-/m1/s1. The van der Waals surface area contributed by atoms with Gasteiger partial charge in [-0.25, -0.2) is 9.59 Å². The van der Waals surface area contributed by atoms with E-state index in [4.69, 9.17) is 9.84 Å². The van der Waals surface area contributed by atoms with Crippen molar-refractivity contribution in [3.8, 4) is 0 Å². The highest BCUT2D eigenvalue weighted by Crippen LogP contribution is 2.12. The zero-order valence-corrected chi connectivity index (χ0v) is 12.0. The number of rotatable bonds is 8. The first-order valence-corrected chi connectivity index (χ1v) is 6.55. The highest BCUT2D eigenvalue weighted by atomic mass is 16.5. The van der Waals surface area contributed by atoms with Gasteiger partial charge in [0.05, 0.1) is 13.2 Å². The number of carboxylic acids is 1. The Morgan fingerprint density at radius 3 is 2.57 bits per heavy atom. The molecule has 1 atom stereocenters. The predicted molar refractivity (Wildman–Crippen MR) is 79.0 cm³/mol. The van der Waals surface area contributed by atoms with E-state index in [1.54, 1.807) is 30.3 Å². The molecule has 6 nitrogen and oxygen atoms in total. The quantitative estimate of drug-likeness (QED) is 0.503. The molecule has 0 spiro atoms. The van der Waals surface area contributed by atoms with Gasteiger partial charge in [-0.05, 0) is 12.5 Å². The van der Waals surface area contributed by atoms with E-state index in [0.717, 1.165) is 5.57 Å². The molecule has 0 aliphatic carbocycles. The molecular formula is C15H20N2O4. The molecule has 0 heterocycles. The van der Waals surface area contributed by atoms with Crippen molar-refractivity contribution in [1.29, 1.82) is 0 Å². The fourth-order valence-corrected chi connectivity index (χ4v) is 1.60. The maximum absolute atomic E-state index is 11.7. The summed E-state index contributed by atoms with van der Waals surface area (Å²) in [6.45, 7) is 6.60. The largest absolute Gasteiger partial charge is 0.479 e. The van der Waals surface area contributed by atoms with E-state index in [1.165, 1.54) is 0 Å². The molecule has 0 saturated heterocycles. The second kappa shape index (κ2) is 8.76. The van der Waals surface area contributed by atoms with Crippen LogP contribution in [0, 0.1) is 0 Å². The number of amides is 2. The summed E-state index contributed by atoms with van der Waals surface area (Å²) in [6.07, 6.45) is 0. The van der Waals surface area contributed by atoms with E-state index in [0.29, 0.717) is 25.3 Å². The zero-order chi connectivity index (χ0) is 15.7. The molecule has 21 heavy (non-hydrogen) atoms. The average Bonchev–Trinajstić information content (AvgIpc) is 2.44. The van der Waals surface area contributed by atoms with Gasteiger partial charge in [0.25, 0.3) is 0 Å². The molecule has 0 aliphatic heterocycles. The first-order chi connectivity index (χ1) is 10.0. The van der Waals surface area contributed by atoms with Gasteiger partial charge in [0.2, 0.25) is 0 Å². The fourth-order valence-electron chi connectivity index (χ4n) is 1.60. The van der Waals surface area contributed by atoms with Gasteiger partial charge in [0.1, 0.15) is 0 Å². The minimum atomic E-state index is -1.12. The van der Waals surface area contributed by atoms with Crippen LogP contribution in [0.15, 0.2) is 42.5 Å². The van der Waals surface area contributed by atoms with Crippen LogP contribution in [0.2, 0.25) is 0 Å². The van der Waals surface area contributed by atoms with Crippen LogP contribution in [-0.2, 0) is 9.53 Å². The number of carbonyl (C=O) groups is 2. The summed E-state index contributed by atoms with van der Waals surface area (Å²) in [4.78, 5) is 22.9. The van der Waals surface area contributed by atoms with Crippen molar-refractivity contribution in [3.63, 3.8) is 0 Å². The van der Waals surface area contributed by atoms with Gasteiger partial charge in [0, 0.05) is 6.54 Å². The Balaban J connectivity index is 2.40.